The van der Waals surface area contributed by atoms with Crippen LogP contribution in [0.5, 0.6) is 0 Å². The van der Waals surface area contributed by atoms with Gasteiger partial charge in [-0.05, 0) is 49.2 Å². The molecule has 2 saturated heterocycles. The molecule has 2 aromatic carbocycles. The van der Waals surface area contributed by atoms with E-state index in [9.17, 15) is 14.4 Å². The number of carbonyl (C=O) groups is 3. The van der Waals surface area contributed by atoms with Gasteiger partial charge in [-0.25, -0.2) is 4.79 Å². The van der Waals surface area contributed by atoms with E-state index in [1.165, 1.54) is 0 Å². The molecule has 0 aliphatic carbocycles. The van der Waals surface area contributed by atoms with Crippen LogP contribution in [0.4, 0.5) is 10.5 Å². The molecule has 2 aliphatic heterocycles. The predicted molar refractivity (Wildman–Crippen MR) is 124 cm³/mol. The standard InChI is InChI=1S/C24H27ClN4O3/c25-20-10-8-18(9-11-20)22(30)29-12-4-5-19(17-29)23(31)27-13-15-28(16-14-27)24(32)26-21-6-2-1-3-7-21/h1-3,6-11,19H,4-5,12-17H2,(H,26,32)/t19-/m0/s1. The Labute approximate surface area is 192 Å². The SMILES string of the molecule is O=C(Nc1ccccc1)N1CCN(C(=O)[C@H]2CCCN(C(=O)c3ccc(Cl)cc3)C2)CC1. The molecule has 2 aliphatic rings. The number of hydrogen-bond donors (Lipinski definition) is 1. The number of piperazine rings is 1. The van der Waals surface area contributed by atoms with Crippen LogP contribution >= 0.6 is 11.6 Å². The van der Waals surface area contributed by atoms with E-state index in [4.69, 9.17) is 11.6 Å². The third-order valence-corrected chi connectivity index (χ3v) is 6.30. The molecule has 0 radical (unpaired) electrons. The Morgan fingerprint density at radius 2 is 1.47 bits per heavy atom. The normalized spacial score (nSPS) is 18.9. The fraction of sp³-hybridized carbons (Fsp3) is 0.375. The van der Waals surface area contributed by atoms with Crippen LogP contribution in [-0.4, -0.2) is 71.8 Å². The Bertz CT molecular complexity index is 959. The number of hydrogen-bond acceptors (Lipinski definition) is 3. The number of para-hydroxylation sites is 1. The van der Waals surface area contributed by atoms with E-state index in [0.29, 0.717) is 49.9 Å². The maximum absolute atomic E-state index is 13.1. The van der Waals surface area contributed by atoms with Crippen molar-refractivity contribution in [1.82, 2.24) is 14.7 Å². The zero-order chi connectivity index (χ0) is 22.5. The topological polar surface area (TPSA) is 73.0 Å². The maximum Gasteiger partial charge on any atom is 0.321 e. The van der Waals surface area contributed by atoms with Crippen molar-refractivity contribution in [3.05, 3.63) is 65.2 Å². The van der Waals surface area contributed by atoms with Gasteiger partial charge < -0.3 is 20.0 Å². The molecule has 4 rings (SSSR count). The minimum atomic E-state index is -0.204. The number of piperidine rings is 1. The van der Waals surface area contributed by atoms with Crippen LogP contribution in [0.1, 0.15) is 23.2 Å². The van der Waals surface area contributed by atoms with E-state index in [0.717, 1.165) is 18.5 Å². The van der Waals surface area contributed by atoms with Gasteiger partial charge in [0.1, 0.15) is 0 Å². The summed E-state index contributed by atoms with van der Waals surface area (Å²) >= 11 is 5.92. The van der Waals surface area contributed by atoms with Gasteiger partial charge in [-0.2, -0.15) is 0 Å². The van der Waals surface area contributed by atoms with Crippen molar-refractivity contribution < 1.29 is 14.4 Å². The number of nitrogens with one attached hydrogen (secondary N) is 1. The monoisotopic (exact) mass is 454 g/mol. The lowest BCUT2D eigenvalue weighted by atomic mass is 9.95. The second-order valence-electron chi connectivity index (χ2n) is 8.21. The highest BCUT2D eigenvalue weighted by Gasteiger charge is 2.33. The van der Waals surface area contributed by atoms with Crippen molar-refractivity contribution in [2.75, 3.05) is 44.6 Å². The lowest BCUT2D eigenvalue weighted by Crippen LogP contribution is -2.54. The molecule has 168 valence electrons. The Morgan fingerprint density at radius 1 is 0.812 bits per heavy atom. The van der Waals surface area contributed by atoms with E-state index in [-0.39, 0.29) is 23.8 Å². The van der Waals surface area contributed by atoms with Gasteiger partial charge in [0, 0.05) is 55.5 Å². The molecule has 8 heteroatoms. The van der Waals surface area contributed by atoms with E-state index >= 15 is 0 Å². The molecule has 2 fully saturated rings. The van der Waals surface area contributed by atoms with Crippen LogP contribution in [0.2, 0.25) is 5.02 Å². The summed E-state index contributed by atoms with van der Waals surface area (Å²) < 4.78 is 0. The zero-order valence-electron chi connectivity index (χ0n) is 17.9. The second kappa shape index (κ2) is 10.0. The summed E-state index contributed by atoms with van der Waals surface area (Å²) in [4.78, 5) is 43.7. The molecule has 0 bridgehead atoms. The Balaban J connectivity index is 1.29. The van der Waals surface area contributed by atoms with E-state index in [1.807, 2.05) is 35.2 Å². The summed E-state index contributed by atoms with van der Waals surface area (Å²) in [5.41, 5.74) is 1.34. The lowest BCUT2D eigenvalue weighted by molar-refractivity contribution is -0.138. The van der Waals surface area contributed by atoms with Crippen LogP contribution in [0.25, 0.3) is 0 Å². The van der Waals surface area contributed by atoms with Crippen molar-refractivity contribution in [1.29, 1.82) is 0 Å². The lowest BCUT2D eigenvalue weighted by Gasteiger charge is -2.39. The molecule has 2 aromatic rings. The third kappa shape index (κ3) is 5.22. The molecule has 0 saturated carbocycles. The van der Waals surface area contributed by atoms with Gasteiger partial charge in [0.2, 0.25) is 5.91 Å². The highest BCUT2D eigenvalue weighted by Crippen LogP contribution is 2.22. The summed E-state index contributed by atoms with van der Waals surface area (Å²) in [6.45, 7) is 3.06. The van der Waals surface area contributed by atoms with Gasteiger partial charge >= 0.3 is 6.03 Å². The third-order valence-electron chi connectivity index (χ3n) is 6.05. The highest BCUT2D eigenvalue weighted by molar-refractivity contribution is 6.30. The van der Waals surface area contributed by atoms with Crippen molar-refractivity contribution in [2.45, 2.75) is 12.8 Å². The van der Waals surface area contributed by atoms with E-state index in [2.05, 4.69) is 5.32 Å². The minimum Gasteiger partial charge on any atom is -0.339 e. The summed E-state index contributed by atoms with van der Waals surface area (Å²) in [6.07, 6.45) is 1.58. The first-order chi connectivity index (χ1) is 15.5. The van der Waals surface area contributed by atoms with Gasteiger partial charge in [-0.1, -0.05) is 29.8 Å². The molecule has 1 atom stereocenters. The molecule has 4 amide bonds. The quantitative estimate of drug-likeness (QED) is 0.770. The molecule has 0 unspecified atom stereocenters. The number of urea groups is 1. The predicted octanol–water partition coefficient (Wildman–Crippen LogP) is 3.57. The van der Waals surface area contributed by atoms with Crippen molar-refractivity contribution in [2.24, 2.45) is 5.92 Å². The number of benzene rings is 2. The molecular weight excluding hydrogens is 428 g/mol. The number of anilines is 1. The van der Waals surface area contributed by atoms with Crippen LogP contribution in [0.15, 0.2) is 54.6 Å². The summed E-state index contributed by atoms with van der Waals surface area (Å²) in [7, 11) is 0. The average Bonchev–Trinajstić information content (AvgIpc) is 2.84. The van der Waals surface area contributed by atoms with Crippen LogP contribution in [-0.2, 0) is 4.79 Å². The average molecular weight is 455 g/mol. The number of rotatable bonds is 3. The molecule has 0 aromatic heterocycles. The van der Waals surface area contributed by atoms with E-state index in [1.54, 1.807) is 34.1 Å². The Hall–Kier alpha value is -3.06. The number of carbonyl (C=O) groups excluding carboxylic acids is 3. The van der Waals surface area contributed by atoms with Crippen LogP contribution < -0.4 is 5.32 Å². The Morgan fingerprint density at radius 3 is 2.16 bits per heavy atom. The first-order valence-electron chi connectivity index (χ1n) is 11.0. The van der Waals surface area contributed by atoms with Gasteiger partial charge in [0.15, 0.2) is 0 Å². The molecule has 1 N–H and O–H groups in total. The fourth-order valence-corrected chi connectivity index (χ4v) is 4.38. The van der Waals surface area contributed by atoms with Gasteiger partial charge in [0.05, 0.1) is 5.92 Å². The Kier molecular flexibility index (Phi) is 6.95. The van der Waals surface area contributed by atoms with Crippen LogP contribution in [0.3, 0.4) is 0 Å². The smallest absolute Gasteiger partial charge is 0.321 e. The molecule has 32 heavy (non-hydrogen) atoms. The highest BCUT2D eigenvalue weighted by atomic mass is 35.5. The van der Waals surface area contributed by atoms with Crippen molar-refractivity contribution >= 4 is 35.1 Å². The maximum atomic E-state index is 13.1. The molecular formula is C24H27ClN4O3. The summed E-state index contributed by atoms with van der Waals surface area (Å²) in [6, 6.07) is 16.0. The first kappa shape index (κ1) is 22.1. The first-order valence-corrected chi connectivity index (χ1v) is 11.3. The second-order valence-corrected chi connectivity index (χ2v) is 8.64. The van der Waals surface area contributed by atoms with E-state index < -0.39 is 0 Å². The number of halogens is 1. The van der Waals surface area contributed by atoms with Crippen molar-refractivity contribution in [3.63, 3.8) is 0 Å². The number of amides is 4. The van der Waals surface area contributed by atoms with Gasteiger partial charge in [-0.15, -0.1) is 0 Å². The summed E-state index contributed by atoms with van der Waals surface area (Å²) in [5, 5.41) is 3.48. The van der Waals surface area contributed by atoms with Gasteiger partial charge in [-0.3, -0.25) is 9.59 Å². The van der Waals surface area contributed by atoms with Gasteiger partial charge in [0.25, 0.3) is 5.91 Å². The fourth-order valence-electron chi connectivity index (χ4n) is 4.25. The number of nitrogens with zero attached hydrogens (tertiary/aromatic N) is 3. The molecule has 0 spiro atoms. The minimum absolute atomic E-state index is 0.0680. The molecule has 7 nitrogen and oxygen atoms in total. The van der Waals surface area contributed by atoms with Crippen LogP contribution in [0, 0.1) is 5.92 Å². The number of likely N-dealkylation sites (tertiary alicyclic amines) is 1. The van der Waals surface area contributed by atoms with Crippen molar-refractivity contribution in [3.8, 4) is 0 Å². The zero-order valence-corrected chi connectivity index (χ0v) is 18.6. The summed E-state index contributed by atoms with van der Waals surface area (Å²) in [5.74, 6) is -0.201. The largest absolute Gasteiger partial charge is 0.339 e. The molecule has 2 heterocycles.